The summed E-state index contributed by atoms with van der Waals surface area (Å²) in [6.07, 6.45) is 2.41. The van der Waals surface area contributed by atoms with Gasteiger partial charge < -0.3 is 15.0 Å². The Morgan fingerprint density at radius 1 is 1.25 bits per heavy atom. The van der Waals surface area contributed by atoms with Gasteiger partial charge in [0, 0.05) is 13.1 Å². The highest BCUT2D eigenvalue weighted by Crippen LogP contribution is 2.16. The molecule has 0 aromatic heterocycles. The van der Waals surface area contributed by atoms with E-state index in [0.717, 1.165) is 32.4 Å². The van der Waals surface area contributed by atoms with Gasteiger partial charge in [-0.25, -0.2) is 4.79 Å². The highest BCUT2D eigenvalue weighted by Gasteiger charge is 2.32. The summed E-state index contributed by atoms with van der Waals surface area (Å²) < 4.78 is 5.25. The van der Waals surface area contributed by atoms with Crippen LogP contribution in [0.2, 0.25) is 0 Å². The number of ether oxygens (including phenoxy) is 1. The molecule has 0 bridgehead atoms. The molecule has 1 aliphatic heterocycles. The second kappa shape index (κ2) is 6.95. The lowest BCUT2D eigenvalue weighted by Gasteiger charge is -2.29. The minimum absolute atomic E-state index is 0.0164. The molecule has 0 radical (unpaired) electrons. The molecule has 0 aromatic rings. The van der Waals surface area contributed by atoms with E-state index in [0.29, 0.717) is 0 Å². The molecule has 20 heavy (non-hydrogen) atoms. The maximum atomic E-state index is 12.5. The Bertz CT molecular complexity index is 344. The van der Waals surface area contributed by atoms with Gasteiger partial charge in [0.05, 0.1) is 0 Å². The molecule has 2 atom stereocenters. The van der Waals surface area contributed by atoms with Crippen molar-refractivity contribution in [3.05, 3.63) is 0 Å². The number of nitrogens with one attached hydrogen (secondary N) is 1. The molecule has 0 saturated carbocycles. The molecule has 0 unspecified atom stereocenters. The summed E-state index contributed by atoms with van der Waals surface area (Å²) in [4.78, 5) is 26.2. The van der Waals surface area contributed by atoms with E-state index in [4.69, 9.17) is 4.74 Å². The van der Waals surface area contributed by atoms with Crippen molar-refractivity contribution in [2.75, 3.05) is 13.1 Å². The van der Waals surface area contributed by atoms with Crippen molar-refractivity contribution in [1.82, 2.24) is 10.2 Å². The van der Waals surface area contributed by atoms with Crippen LogP contribution in [0, 0.1) is 5.92 Å². The maximum Gasteiger partial charge on any atom is 0.408 e. The smallest absolute Gasteiger partial charge is 0.408 e. The molecule has 116 valence electrons. The molecular weight excluding hydrogens is 256 g/mol. The van der Waals surface area contributed by atoms with Gasteiger partial charge in [0.2, 0.25) is 5.91 Å². The lowest BCUT2D eigenvalue weighted by molar-refractivity contribution is -0.133. The lowest BCUT2D eigenvalue weighted by Crippen LogP contribution is -2.52. The molecule has 1 saturated heterocycles. The summed E-state index contributed by atoms with van der Waals surface area (Å²) in [5, 5.41) is 2.75. The van der Waals surface area contributed by atoms with Crippen LogP contribution in [0.25, 0.3) is 0 Å². The molecule has 5 heteroatoms. The van der Waals surface area contributed by atoms with E-state index < -0.39 is 17.7 Å². The third kappa shape index (κ3) is 5.02. The van der Waals surface area contributed by atoms with Gasteiger partial charge in [-0.15, -0.1) is 0 Å². The lowest BCUT2D eigenvalue weighted by atomic mass is 9.98. The van der Waals surface area contributed by atoms with Crippen LogP contribution in [-0.2, 0) is 9.53 Å². The first-order chi connectivity index (χ1) is 9.24. The highest BCUT2D eigenvalue weighted by atomic mass is 16.6. The van der Waals surface area contributed by atoms with Crippen molar-refractivity contribution < 1.29 is 14.3 Å². The number of amides is 2. The Morgan fingerprint density at radius 2 is 1.80 bits per heavy atom. The average Bonchev–Trinajstić information content (AvgIpc) is 2.85. The molecule has 1 fully saturated rings. The molecule has 1 heterocycles. The van der Waals surface area contributed by atoms with Crippen LogP contribution in [0.1, 0.15) is 53.9 Å². The fourth-order valence-corrected chi connectivity index (χ4v) is 2.25. The predicted octanol–water partition coefficient (Wildman–Crippen LogP) is 2.55. The molecule has 0 aliphatic carbocycles. The van der Waals surface area contributed by atoms with Crippen molar-refractivity contribution in [1.29, 1.82) is 0 Å². The molecule has 1 aliphatic rings. The highest BCUT2D eigenvalue weighted by molar-refractivity contribution is 5.86. The van der Waals surface area contributed by atoms with Crippen LogP contribution in [0.4, 0.5) is 4.79 Å². The molecule has 0 aromatic carbocycles. The second-order valence-electron chi connectivity index (χ2n) is 6.54. The Kier molecular flexibility index (Phi) is 5.84. The van der Waals surface area contributed by atoms with E-state index in [1.54, 1.807) is 0 Å². The van der Waals surface area contributed by atoms with Crippen LogP contribution in [0.5, 0.6) is 0 Å². The van der Waals surface area contributed by atoms with E-state index in [2.05, 4.69) is 5.32 Å². The van der Waals surface area contributed by atoms with Gasteiger partial charge in [0.25, 0.3) is 0 Å². The average molecular weight is 284 g/mol. The zero-order valence-corrected chi connectivity index (χ0v) is 13.4. The normalized spacial score (nSPS) is 18.6. The van der Waals surface area contributed by atoms with Crippen LogP contribution in [0.3, 0.4) is 0 Å². The fraction of sp³-hybridized carbons (Fsp3) is 0.867. The van der Waals surface area contributed by atoms with E-state index in [9.17, 15) is 9.59 Å². The number of nitrogens with zero attached hydrogens (tertiary/aromatic N) is 1. The Hall–Kier alpha value is -1.26. The van der Waals surface area contributed by atoms with Crippen LogP contribution >= 0.6 is 0 Å². The molecule has 1 N–H and O–H groups in total. The molecule has 1 rings (SSSR count). The largest absolute Gasteiger partial charge is 0.444 e. The number of rotatable bonds is 4. The monoisotopic (exact) mass is 284 g/mol. The quantitative estimate of drug-likeness (QED) is 0.863. The summed E-state index contributed by atoms with van der Waals surface area (Å²) >= 11 is 0. The molecule has 5 nitrogen and oxygen atoms in total. The van der Waals surface area contributed by atoms with Gasteiger partial charge in [-0.3, -0.25) is 4.79 Å². The van der Waals surface area contributed by atoms with Gasteiger partial charge in [-0.1, -0.05) is 20.3 Å². The number of likely N-dealkylation sites (tertiary alicyclic amines) is 1. The van der Waals surface area contributed by atoms with Gasteiger partial charge >= 0.3 is 6.09 Å². The van der Waals surface area contributed by atoms with Crippen molar-refractivity contribution >= 4 is 12.0 Å². The van der Waals surface area contributed by atoms with Gasteiger partial charge in [0.1, 0.15) is 11.6 Å². The minimum Gasteiger partial charge on any atom is -0.444 e. The SMILES string of the molecule is CC[C@H](C)[C@@H](NC(=O)OC(C)(C)C)C(=O)N1CCCC1. The summed E-state index contributed by atoms with van der Waals surface area (Å²) in [6.45, 7) is 11.0. The van der Waals surface area contributed by atoms with Crippen molar-refractivity contribution in [2.45, 2.75) is 65.5 Å². The van der Waals surface area contributed by atoms with Crippen molar-refractivity contribution in [2.24, 2.45) is 5.92 Å². The maximum absolute atomic E-state index is 12.5. The predicted molar refractivity (Wildman–Crippen MR) is 78.4 cm³/mol. The Balaban J connectivity index is 2.69. The van der Waals surface area contributed by atoms with Crippen molar-refractivity contribution in [3.8, 4) is 0 Å². The third-order valence-electron chi connectivity index (χ3n) is 3.57. The van der Waals surface area contributed by atoms with Crippen LogP contribution in [-0.4, -0.2) is 41.6 Å². The summed E-state index contributed by atoms with van der Waals surface area (Å²) in [5.41, 5.74) is -0.555. The first kappa shape index (κ1) is 16.8. The van der Waals surface area contributed by atoms with Crippen LogP contribution in [0.15, 0.2) is 0 Å². The minimum atomic E-state index is -0.555. The van der Waals surface area contributed by atoms with Gasteiger partial charge in [-0.05, 0) is 39.5 Å². The van der Waals surface area contributed by atoms with E-state index in [-0.39, 0.29) is 11.8 Å². The number of carbonyl (C=O) groups excluding carboxylic acids is 2. The van der Waals surface area contributed by atoms with Gasteiger partial charge in [0.15, 0.2) is 0 Å². The Morgan fingerprint density at radius 3 is 2.25 bits per heavy atom. The molecule has 0 spiro atoms. The number of hydrogen-bond acceptors (Lipinski definition) is 3. The standard InChI is InChI=1S/C15H28N2O3/c1-6-11(2)12(13(18)17-9-7-8-10-17)16-14(19)20-15(3,4)5/h11-12H,6-10H2,1-5H3,(H,16,19)/t11-,12+/m0/s1. The number of hydrogen-bond donors (Lipinski definition) is 1. The van der Waals surface area contributed by atoms with E-state index in [1.807, 2.05) is 39.5 Å². The van der Waals surface area contributed by atoms with E-state index in [1.165, 1.54) is 0 Å². The molecular formula is C15H28N2O3. The number of alkyl carbamates (subject to hydrolysis) is 1. The first-order valence-electron chi connectivity index (χ1n) is 7.53. The summed E-state index contributed by atoms with van der Waals surface area (Å²) in [6, 6.07) is -0.493. The zero-order valence-electron chi connectivity index (χ0n) is 13.4. The summed E-state index contributed by atoms with van der Waals surface area (Å²) in [7, 11) is 0. The summed E-state index contributed by atoms with van der Waals surface area (Å²) in [5.74, 6) is 0.110. The van der Waals surface area contributed by atoms with E-state index >= 15 is 0 Å². The third-order valence-corrected chi connectivity index (χ3v) is 3.57. The Labute approximate surface area is 122 Å². The van der Waals surface area contributed by atoms with Crippen molar-refractivity contribution in [3.63, 3.8) is 0 Å². The van der Waals surface area contributed by atoms with Crippen LogP contribution < -0.4 is 5.32 Å². The topological polar surface area (TPSA) is 58.6 Å². The fourth-order valence-electron chi connectivity index (χ4n) is 2.25. The zero-order chi connectivity index (χ0) is 15.3. The number of carbonyl (C=O) groups is 2. The molecule has 2 amide bonds. The van der Waals surface area contributed by atoms with Gasteiger partial charge in [-0.2, -0.15) is 0 Å². The first-order valence-corrected chi connectivity index (χ1v) is 7.53. The second-order valence-corrected chi connectivity index (χ2v) is 6.54.